The normalized spacial score (nSPS) is 33.5. The Balaban J connectivity index is 1.82. The second kappa shape index (κ2) is 6.36. The first kappa shape index (κ1) is 14.3. The summed E-state index contributed by atoms with van der Waals surface area (Å²) in [6, 6.07) is 0. The van der Waals surface area contributed by atoms with Gasteiger partial charge in [-0.3, -0.25) is 4.90 Å². The third-order valence-corrected chi connectivity index (χ3v) is 4.74. The number of rotatable bonds is 4. The minimum atomic E-state index is 0.394. The molecule has 3 heteroatoms. The van der Waals surface area contributed by atoms with Gasteiger partial charge in [-0.2, -0.15) is 0 Å². The zero-order valence-electron chi connectivity index (χ0n) is 12.4. The molecule has 1 aliphatic carbocycles. The molecule has 0 bridgehead atoms. The van der Waals surface area contributed by atoms with Crippen LogP contribution in [0.3, 0.4) is 0 Å². The number of hydrogen-bond donors (Lipinski definition) is 1. The zero-order chi connectivity index (χ0) is 13.0. The number of hydrogen-bond acceptors (Lipinski definition) is 3. The maximum absolute atomic E-state index is 5.80. The topological polar surface area (TPSA) is 24.5 Å². The van der Waals surface area contributed by atoms with Gasteiger partial charge in [-0.25, -0.2) is 0 Å². The fourth-order valence-electron chi connectivity index (χ4n) is 3.69. The average molecular weight is 254 g/mol. The number of nitrogens with zero attached hydrogens (tertiary/aromatic N) is 1. The molecule has 2 fully saturated rings. The van der Waals surface area contributed by atoms with Gasteiger partial charge in [0.2, 0.25) is 0 Å². The SMILES string of the molecule is CNC1(CCN2C[C@@H](C)O[C@@H](C)C2)CCCCC1. The van der Waals surface area contributed by atoms with Crippen LogP contribution in [0.15, 0.2) is 0 Å². The van der Waals surface area contributed by atoms with Crippen molar-refractivity contribution in [3.8, 4) is 0 Å². The molecule has 0 aromatic carbocycles. The van der Waals surface area contributed by atoms with Crippen molar-refractivity contribution in [1.82, 2.24) is 10.2 Å². The largest absolute Gasteiger partial charge is 0.373 e. The molecule has 1 saturated carbocycles. The van der Waals surface area contributed by atoms with E-state index >= 15 is 0 Å². The molecular weight excluding hydrogens is 224 g/mol. The third kappa shape index (κ3) is 3.69. The van der Waals surface area contributed by atoms with E-state index in [4.69, 9.17) is 4.74 Å². The fraction of sp³-hybridized carbons (Fsp3) is 1.00. The molecule has 1 saturated heterocycles. The minimum absolute atomic E-state index is 0.394. The van der Waals surface area contributed by atoms with Gasteiger partial charge in [-0.1, -0.05) is 19.3 Å². The van der Waals surface area contributed by atoms with Crippen LogP contribution in [-0.2, 0) is 4.74 Å². The standard InChI is InChI=1S/C15H30N2O/c1-13-11-17(12-14(2)18-13)10-9-15(16-3)7-5-4-6-8-15/h13-14,16H,4-12H2,1-3H3/t13-,14+. The Morgan fingerprint density at radius 3 is 2.28 bits per heavy atom. The highest BCUT2D eigenvalue weighted by Gasteiger charge is 2.31. The van der Waals surface area contributed by atoms with Gasteiger partial charge in [0.1, 0.15) is 0 Å². The summed E-state index contributed by atoms with van der Waals surface area (Å²) in [7, 11) is 2.15. The Kier molecular flexibility index (Phi) is 5.05. The summed E-state index contributed by atoms with van der Waals surface area (Å²) in [5.41, 5.74) is 0.420. The molecule has 0 unspecified atom stereocenters. The molecular formula is C15H30N2O. The van der Waals surface area contributed by atoms with E-state index in [9.17, 15) is 0 Å². The molecule has 2 atom stereocenters. The first-order chi connectivity index (χ1) is 8.63. The van der Waals surface area contributed by atoms with Crippen molar-refractivity contribution in [2.45, 2.75) is 70.1 Å². The highest BCUT2D eigenvalue weighted by atomic mass is 16.5. The van der Waals surface area contributed by atoms with Gasteiger partial charge in [0.05, 0.1) is 12.2 Å². The van der Waals surface area contributed by atoms with Crippen LogP contribution in [-0.4, -0.2) is 49.3 Å². The summed E-state index contributed by atoms with van der Waals surface area (Å²) in [4.78, 5) is 2.59. The number of morpholine rings is 1. The minimum Gasteiger partial charge on any atom is -0.373 e. The Morgan fingerprint density at radius 1 is 1.11 bits per heavy atom. The van der Waals surface area contributed by atoms with E-state index in [-0.39, 0.29) is 0 Å². The van der Waals surface area contributed by atoms with Crippen LogP contribution >= 0.6 is 0 Å². The monoisotopic (exact) mass is 254 g/mol. The Bertz CT molecular complexity index is 241. The van der Waals surface area contributed by atoms with Crippen molar-refractivity contribution in [2.75, 3.05) is 26.7 Å². The maximum atomic E-state index is 5.80. The van der Waals surface area contributed by atoms with E-state index in [1.165, 1.54) is 45.1 Å². The second-order valence-electron chi connectivity index (χ2n) is 6.36. The third-order valence-electron chi connectivity index (χ3n) is 4.74. The molecule has 0 spiro atoms. The molecule has 0 aromatic heterocycles. The van der Waals surface area contributed by atoms with Crippen LogP contribution in [0.4, 0.5) is 0 Å². The van der Waals surface area contributed by atoms with Crippen LogP contribution in [0.25, 0.3) is 0 Å². The summed E-state index contributed by atoms with van der Waals surface area (Å²) in [6.45, 7) is 7.81. The molecule has 0 aromatic rings. The smallest absolute Gasteiger partial charge is 0.0678 e. The quantitative estimate of drug-likeness (QED) is 0.834. The van der Waals surface area contributed by atoms with Crippen LogP contribution in [0.1, 0.15) is 52.4 Å². The first-order valence-electron chi connectivity index (χ1n) is 7.70. The predicted octanol–water partition coefficient (Wildman–Crippen LogP) is 2.41. The summed E-state index contributed by atoms with van der Waals surface area (Å²) in [5.74, 6) is 0. The highest BCUT2D eigenvalue weighted by molar-refractivity contribution is 4.91. The van der Waals surface area contributed by atoms with Gasteiger partial charge in [-0.05, 0) is 40.2 Å². The number of nitrogens with one attached hydrogen (secondary N) is 1. The van der Waals surface area contributed by atoms with Crippen molar-refractivity contribution < 1.29 is 4.74 Å². The molecule has 1 N–H and O–H groups in total. The molecule has 2 rings (SSSR count). The van der Waals surface area contributed by atoms with Crippen LogP contribution in [0, 0.1) is 0 Å². The van der Waals surface area contributed by atoms with Crippen LogP contribution in [0.2, 0.25) is 0 Å². The lowest BCUT2D eigenvalue weighted by atomic mass is 9.79. The molecule has 0 radical (unpaired) electrons. The lowest BCUT2D eigenvalue weighted by molar-refractivity contribution is -0.0699. The van der Waals surface area contributed by atoms with Crippen molar-refractivity contribution in [3.05, 3.63) is 0 Å². The van der Waals surface area contributed by atoms with Crippen molar-refractivity contribution in [2.24, 2.45) is 0 Å². The molecule has 0 amide bonds. The lowest BCUT2D eigenvalue weighted by Crippen LogP contribution is -2.50. The van der Waals surface area contributed by atoms with E-state index < -0.39 is 0 Å². The van der Waals surface area contributed by atoms with E-state index in [1.54, 1.807) is 0 Å². The second-order valence-corrected chi connectivity index (χ2v) is 6.36. The van der Waals surface area contributed by atoms with Gasteiger partial charge in [0.25, 0.3) is 0 Å². The van der Waals surface area contributed by atoms with E-state index in [2.05, 4.69) is 31.1 Å². The van der Waals surface area contributed by atoms with E-state index in [0.29, 0.717) is 17.7 Å². The summed E-state index contributed by atoms with van der Waals surface area (Å²) >= 11 is 0. The number of ether oxygens (including phenoxy) is 1. The summed E-state index contributed by atoms with van der Waals surface area (Å²) < 4.78 is 5.80. The van der Waals surface area contributed by atoms with Gasteiger partial charge < -0.3 is 10.1 Å². The molecule has 1 aliphatic heterocycles. The maximum Gasteiger partial charge on any atom is 0.0678 e. The molecule has 18 heavy (non-hydrogen) atoms. The van der Waals surface area contributed by atoms with Gasteiger partial charge in [0.15, 0.2) is 0 Å². The summed E-state index contributed by atoms with van der Waals surface area (Å²) in [5, 5.41) is 3.62. The molecule has 106 valence electrons. The van der Waals surface area contributed by atoms with Crippen molar-refractivity contribution >= 4 is 0 Å². The Hall–Kier alpha value is -0.120. The van der Waals surface area contributed by atoms with Gasteiger partial charge >= 0.3 is 0 Å². The lowest BCUT2D eigenvalue weighted by Gasteiger charge is -2.41. The Morgan fingerprint density at radius 2 is 1.72 bits per heavy atom. The van der Waals surface area contributed by atoms with Crippen LogP contribution < -0.4 is 5.32 Å². The highest BCUT2D eigenvalue weighted by Crippen LogP contribution is 2.31. The summed E-state index contributed by atoms with van der Waals surface area (Å²) in [6.07, 6.45) is 9.03. The molecule has 3 nitrogen and oxygen atoms in total. The fourth-order valence-corrected chi connectivity index (χ4v) is 3.69. The van der Waals surface area contributed by atoms with Gasteiger partial charge in [0, 0.05) is 25.2 Å². The molecule has 2 aliphatic rings. The predicted molar refractivity (Wildman–Crippen MR) is 75.9 cm³/mol. The zero-order valence-corrected chi connectivity index (χ0v) is 12.4. The van der Waals surface area contributed by atoms with Crippen molar-refractivity contribution in [1.29, 1.82) is 0 Å². The molecule has 1 heterocycles. The van der Waals surface area contributed by atoms with Crippen LogP contribution in [0.5, 0.6) is 0 Å². The average Bonchev–Trinajstić information content (AvgIpc) is 2.36. The van der Waals surface area contributed by atoms with E-state index in [1.807, 2.05) is 0 Å². The van der Waals surface area contributed by atoms with E-state index in [0.717, 1.165) is 13.1 Å². The first-order valence-corrected chi connectivity index (χ1v) is 7.70. The van der Waals surface area contributed by atoms with Crippen molar-refractivity contribution in [3.63, 3.8) is 0 Å². The Labute approximate surface area is 112 Å². The van der Waals surface area contributed by atoms with Gasteiger partial charge in [-0.15, -0.1) is 0 Å².